The number of carbonyl (C=O) groups is 2. The van der Waals surface area contributed by atoms with Crippen LogP contribution in [0.25, 0.3) is 22.2 Å². The predicted octanol–water partition coefficient (Wildman–Crippen LogP) is 3.96. The minimum absolute atomic E-state index is 0.356. The number of pyridine rings is 1. The Morgan fingerprint density at radius 2 is 2.00 bits per heavy atom. The highest BCUT2D eigenvalue weighted by molar-refractivity contribution is 6.18. The van der Waals surface area contributed by atoms with Crippen molar-refractivity contribution in [2.45, 2.75) is 33.3 Å². The number of benzene rings is 1. The first-order valence-corrected chi connectivity index (χ1v) is 9.17. The first-order chi connectivity index (χ1) is 13.7. The minimum atomic E-state index is -0.629. The summed E-state index contributed by atoms with van der Waals surface area (Å²) < 4.78 is 5.31. The third-order valence-electron chi connectivity index (χ3n) is 4.39. The van der Waals surface area contributed by atoms with E-state index in [1.807, 2.05) is 19.1 Å². The zero-order valence-electron chi connectivity index (χ0n) is 16.6. The van der Waals surface area contributed by atoms with Gasteiger partial charge in [0.25, 0.3) is 5.91 Å². The molecule has 29 heavy (non-hydrogen) atoms. The minimum Gasteiger partial charge on any atom is -0.444 e. The molecule has 3 heterocycles. The van der Waals surface area contributed by atoms with E-state index in [-0.39, 0.29) is 5.91 Å². The topological polar surface area (TPSA) is 108 Å². The lowest BCUT2D eigenvalue weighted by Gasteiger charge is -2.19. The van der Waals surface area contributed by atoms with Crippen molar-refractivity contribution in [1.29, 1.82) is 0 Å². The number of aromatic nitrogens is 2. The Hall–Kier alpha value is -3.68. The number of H-pyrrole nitrogens is 1. The number of anilines is 1. The van der Waals surface area contributed by atoms with Crippen molar-refractivity contribution >= 4 is 34.8 Å². The van der Waals surface area contributed by atoms with Crippen molar-refractivity contribution in [2.75, 3.05) is 5.32 Å². The van der Waals surface area contributed by atoms with E-state index in [4.69, 9.17) is 4.74 Å². The first-order valence-electron chi connectivity index (χ1n) is 9.17. The van der Waals surface area contributed by atoms with Crippen molar-refractivity contribution < 1.29 is 14.3 Å². The number of rotatable bonds is 2. The van der Waals surface area contributed by atoms with Crippen LogP contribution >= 0.6 is 0 Å². The molecule has 0 atom stereocenters. The summed E-state index contributed by atoms with van der Waals surface area (Å²) in [4.78, 5) is 32.4. The highest BCUT2D eigenvalue weighted by atomic mass is 16.6. The maximum atomic E-state index is 12.6. The van der Waals surface area contributed by atoms with E-state index in [0.29, 0.717) is 16.8 Å². The number of nitrogens with zero attached hydrogens (tertiary/aromatic N) is 2. The highest BCUT2D eigenvalue weighted by Crippen LogP contribution is 2.34. The molecule has 1 aromatic carbocycles. The van der Waals surface area contributed by atoms with Gasteiger partial charge in [-0.1, -0.05) is 0 Å². The fourth-order valence-corrected chi connectivity index (χ4v) is 3.22. The van der Waals surface area contributed by atoms with Gasteiger partial charge in [-0.3, -0.25) is 15.1 Å². The molecule has 1 aliphatic rings. The average Bonchev–Trinajstić information content (AvgIpc) is 2.89. The Kier molecular flexibility index (Phi) is 4.34. The van der Waals surface area contributed by atoms with Crippen LogP contribution in [0.15, 0.2) is 35.6 Å². The molecule has 0 spiro atoms. The SMILES string of the molecule is Cc1ccc(-c2[nH]c3cc(NC(=O)OC(C)(C)C)cc4c3c2C=NNC4=O)cn1. The zero-order chi connectivity index (χ0) is 20.8. The molecule has 8 nitrogen and oxygen atoms in total. The van der Waals surface area contributed by atoms with E-state index >= 15 is 0 Å². The highest BCUT2D eigenvalue weighted by Gasteiger charge is 2.23. The van der Waals surface area contributed by atoms with Gasteiger partial charge in [-0.25, -0.2) is 10.2 Å². The molecule has 0 unspecified atom stereocenters. The van der Waals surface area contributed by atoms with Crippen LogP contribution in [0.1, 0.15) is 42.4 Å². The molecule has 0 bridgehead atoms. The summed E-state index contributed by atoms with van der Waals surface area (Å²) >= 11 is 0. The van der Waals surface area contributed by atoms with Crippen LogP contribution in [0.2, 0.25) is 0 Å². The van der Waals surface area contributed by atoms with E-state index < -0.39 is 11.7 Å². The number of hydrogen-bond acceptors (Lipinski definition) is 5. The van der Waals surface area contributed by atoms with Crippen molar-refractivity contribution in [2.24, 2.45) is 5.10 Å². The Morgan fingerprint density at radius 1 is 1.21 bits per heavy atom. The summed E-state index contributed by atoms with van der Waals surface area (Å²) in [6.07, 6.45) is 2.79. The molecule has 0 fully saturated rings. The molecule has 4 rings (SSSR count). The standard InChI is InChI=1S/C21H21N5O3/c1-11-5-6-12(9-22-11)18-15-10-23-26-19(27)14-7-13(8-16(25-18)17(14)15)24-20(28)29-21(2,3)4/h5-10,25H,1-4H3,(H,24,28)(H,26,27). The second kappa shape index (κ2) is 6.73. The van der Waals surface area contributed by atoms with Crippen molar-refractivity contribution in [3.63, 3.8) is 0 Å². The van der Waals surface area contributed by atoms with Gasteiger partial charge in [0.1, 0.15) is 5.60 Å². The fraction of sp³-hybridized carbons (Fsp3) is 0.238. The number of ether oxygens (including phenoxy) is 1. The van der Waals surface area contributed by atoms with Crippen molar-refractivity contribution in [3.05, 3.63) is 47.3 Å². The van der Waals surface area contributed by atoms with Crippen molar-refractivity contribution in [3.8, 4) is 11.3 Å². The lowest BCUT2D eigenvalue weighted by Crippen LogP contribution is -2.27. The van der Waals surface area contributed by atoms with Gasteiger partial charge in [-0.2, -0.15) is 5.10 Å². The largest absolute Gasteiger partial charge is 0.444 e. The number of carbonyl (C=O) groups excluding carboxylic acids is 2. The third kappa shape index (κ3) is 3.69. The second-order valence-corrected chi connectivity index (χ2v) is 7.87. The molecular formula is C21H21N5O3. The number of nitrogens with one attached hydrogen (secondary N) is 3. The number of amides is 2. The van der Waals surface area contributed by atoms with Crippen LogP contribution in [-0.2, 0) is 4.74 Å². The maximum Gasteiger partial charge on any atom is 0.412 e. The Labute approximate surface area is 167 Å². The molecule has 2 amide bonds. The molecule has 0 saturated carbocycles. The lowest BCUT2D eigenvalue weighted by atomic mass is 10.0. The molecule has 3 N–H and O–H groups in total. The van der Waals surface area contributed by atoms with E-state index in [1.54, 1.807) is 45.3 Å². The molecular weight excluding hydrogens is 370 g/mol. The summed E-state index contributed by atoms with van der Waals surface area (Å²) in [7, 11) is 0. The van der Waals surface area contributed by atoms with Crippen LogP contribution in [0, 0.1) is 6.92 Å². The second-order valence-electron chi connectivity index (χ2n) is 7.87. The molecule has 8 heteroatoms. The first kappa shape index (κ1) is 18.7. The Balaban J connectivity index is 1.84. The predicted molar refractivity (Wildman–Crippen MR) is 111 cm³/mol. The van der Waals surface area contributed by atoms with Gasteiger partial charge in [-0.15, -0.1) is 0 Å². The quantitative estimate of drug-likeness (QED) is 0.614. The molecule has 0 radical (unpaired) electrons. The number of aryl methyl sites for hydroxylation is 1. The summed E-state index contributed by atoms with van der Waals surface area (Å²) in [5.41, 5.74) is 6.77. The lowest BCUT2D eigenvalue weighted by molar-refractivity contribution is 0.0635. The number of hydrogen-bond donors (Lipinski definition) is 3. The van der Waals surface area contributed by atoms with Gasteiger partial charge >= 0.3 is 6.09 Å². The average molecular weight is 391 g/mol. The normalized spacial score (nSPS) is 13.2. The van der Waals surface area contributed by atoms with Crippen LogP contribution in [0.5, 0.6) is 0 Å². The van der Waals surface area contributed by atoms with Gasteiger partial charge in [0.2, 0.25) is 0 Å². The van der Waals surface area contributed by atoms with Crippen LogP contribution < -0.4 is 10.7 Å². The van der Waals surface area contributed by atoms with Gasteiger partial charge < -0.3 is 9.72 Å². The zero-order valence-corrected chi connectivity index (χ0v) is 16.6. The Bertz CT molecular complexity index is 1150. The van der Waals surface area contributed by atoms with Gasteiger partial charge in [-0.05, 0) is 52.0 Å². The van der Waals surface area contributed by atoms with Gasteiger partial charge in [0.05, 0.1) is 17.5 Å². The van der Waals surface area contributed by atoms with Gasteiger partial charge in [0.15, 0.2) is 0 Å². The maximum absolute atomic E-state index is 12.6. The molecule has 0 saturated heterocycles. The summed E-state index contributed by atoms with van der Waals surface area (Å²) in [5, 5.41) is 7.45. The van der Waals surface area contributed by atoms with Crippen LogP contribution in [0.3, 0.4) is 0 Å². The molecule has 3 aromatic rings. The van der Waals surface area contributed by atoms with E-state index in [2.05, 4.69) is 25.8 Å². The number of hydrazone groups is 1. The van der Waals surface area contributed by atoms with Gasteiger partial charge in [0, 0.05) is 39.6 Å². The summed E-state index contributed by atoms with van der Waals surface area (Å²) in [6.45, 7) is 7.27. The van der Waals surface area contributed by atoms with Crippen LogP contribution in [0.4, 0.5) is 10.5 Å². The van der Waals surface area contributed by atoms with E-state index in [0.717, 1.165) is 27.9 Å². The summed E-state index contributed by atoms with van der Waals surface area (Å²) in [6, 6.07) is 7.26. The molecule has 1 aliphatic heterocycles. The van der Waals surface area contributed by atoms with E-state index in [1.165, 1.54) is 0 Å². The molecule has 0 aliphatic carbocycles. The number of aromatic amines is 1. The molecule has 148 valence electrons. The van der Waals surface area contributed by atoms with Crippen molar-refractivity contribution in [1.82, 2.24) is 15.4 Å². The monoisotopic (exact) mass is 391 g/mol. The smallest absolute Gasteiger partial charge is 0.412 e. The Morgan fingerprint density at radius 3 is 2.69 bits per heavy atom. The van der Waals surface area contributed by atoms with E-state index in [9.17, 15) is 9.59 Å². The van der Waals surface area contributed by atoms with Crippen LogP contribution in [-0.4, -0.2) is 33.8 Å². The molecule has 2 aromatic heterocycles. The summed E-state index contributed by atoms with van der Waals surface area (Å²) in [5.74, 6) is -0.356. The third-order valence-corrected chi connectivity index (χ3v) is 4.39. The fourth-order valence-electron chi connectivity index (χ4n) is 3.22.